The molecule has 15 aliphatic rings. The monoisotopic (exact) mass is 1720 g/mol. The molecule has 5 aromatic rings. The zero-order valence-corrected chi connectivity index (χ0v) is 79.4. The molecule has 12 aliphatic heterocycles. The number of carbonyl (C=O) groups excluding carboxylic acids is 2. The maximum absolute atomic E-state index is 13.0. The van der Waals surface area contributed by atoms with Gasteiger partial charge in [-0.3, -0.25) is 44.0 Å². The molecule has 24 heteroatoms. The number of halogens is 3. The van der Waals surface area contributed by atoms with Crippen molar-refractivity contribution in [1.82, 2.24) is 83.8 Å². The first-order valence-corrected chi connectivity index (χ1v) is 49.1. The van der Waals surface area contributed by atoms with Gasteiger partial charge in [-0.1, -0.05) is 6.07 Å². The lowest BCUT2D eigenvalue weighted by molar-refractivity contribution is -0.145. The van der Waals surface area contributed by atoms with Gasteiger partial charge in [-0.25, -0.2) is 24.6 Å². The fourth-order valence-electron chi connectivity index (χ4n) is 24.7. The summed E-state index contributed by atoms with van der Waals surface area (Å²) in [6.07, 6.45) is 39.1. The number of imidazole rings is 1. The van der Waals surface area contributed by atoms with Gasteiger partial charge in [0.25, 0.3) is 0 Å². The van der Waals surface area contributed by atoms with Crippen molar-refractivity contribution in [3.63, 3.8) is 0 Å². The lowest BCUT2D eigenvalue weighted by atomic mass is 9.65. The zero-order chi connectivity index (χ0) is 87.9. The van der Waals surface area contributed by atoms with Gasteiger partial charge in [0.2, 0.25) is 17.6 Å². The maximum Gasteiger partial charge on any atom is 0.451 e. The van der Waals surface area contributed by atoms with E-state index < -0.39 is 12.0 Å². The topological polar surface area (TPSA) is 166 Å². The third-order valence-electron chi connectivity index (χ3n) is 34.0. The van der Waals surface area contributed by atoms with Crippen LogP contribution in [0.2, 0.25) is 0 Å². The number of benzene rings is 1. The Bertz CT molecular complexity index is 4270. The number of alkyl halides is 3. The first-order chi connectivity index (χ1) is 58.7. The lowest BCUT2D eigenvalue weighted by Gasteiger charge is -2.50. The second-order valence-electron chi connectivity index (χ2n) is 46.5. The highest BCUT2D eigenvalue weighted by molar-refractivity contribution is 5.85. The van der Waals surface area contributed by atoms with Crippen molar-refractivity contribution in [3.8, 4) is 0 Å². The second kappa shape index (κ2) is 37.5. The Balaban J connectivity index is 0.000000120. The Morgan fingerprint density at radius 3 is 1.43 bits per heavy atom. The Morgan fingerprint density at radius 1 is 0.435 bits per heavy atom. The van der Waals surface area contributed by atoms with Crippen LogP contribution in [0.1, 0.15) is 288 Å². The van der Waals surface area contributed by atoms with Crippen LogP contribution in [0, 0.1) is 44.8 Å². The zero-order valence-electron chi connectivity index (χ0n) is 79.4. The van der Waals surface area contributed by atoms with Crippen LogP contribution in [0.4, 0.5) is 24.7 Å². The minimum absolute atomic E-state index is 0.175. The van der Waals surface area contributed by atoms with Crippen LogP contribution < -0.4 is 15.1 Å². The molecule has 1 aromatic carbocycles. The molecule has 0 radical (unpaired) electrons. The molecule has 1 unspecified atom stereocenters. The number of likely N-dealkylation sites (tertiary alicyclic amines) is 5. The SMILES string of the molecule is CC(C)(C)N1CCC2(CCC(C(=O)N3CCn4ncnc4C3)CC2)CC1.CC(C)(C)N1CCC2(CCC(C(=O)NC3CN4CCC3CC4)CC2)CC1.CC(C)(C)N1CCC2(CCC(N3CCn4ccnc4C3)CC2)CC1.CC(C)(C)N1CCC2(CCN(c3ccc4cnccc4c3)CC2)C1.CC(C)(C)N1CCC2(CCN(c3ccnc(C(F)(F)F)n3)CC2)C1. The summed E-state index contributed by atoms with van der Waals surface area (Å²) in [5, 5.41) is 10.2. The summed E-state index contributed by atoms with van der Waals surface area (Å²) < 4.78 is 42.6. The van der Waals surface area contributed by atoms with Crippen LogP contribution in [0.15, 0.2) is 67.6 Å². The van der Waals surface area contributed by atoms with Crippen LogP contribution in [0.25, 0.3) is 10.8 Å². The first kappa shape index (κ1) is 92.8. The predicted octanol–water partition coefficient (Wildman–Crippen LogP) is 17.4. The number of anilines is 2. The molecular weight excluding hydrogens is 1560 g/mol. The van der Waals surface area contributed by atoms with Gasteiger partial charge in [0, 0.05) is 159 Å². The van der Waals surface area contributed by atoms with Crippen molar-refractivity contribution in [2.24, 2.45) is 44.8 Å². The molecular formula is C100H160F3N19O2. The molecule has 16 heterocycles. The smallest absolute Gasteiger partial charge is 0.371 e. The van der Waals surface area contributed by atoms with Crippen LogP contribution in [0.3, 0.4) is 0 Å². The Morgan fingerprint density at radius 2 is 0.927 bits per heavy atom. The number of hydrogen-bond donors (Lipinski definition) is 1. The summed E-state index contributed by atoms with van der Waals surface area (Å²) in [5.41, 5.74) is 5.35. The van der Waals surface area contributed by atoms with Crippen molar-refractivity contribution in [2.75, 3.05) is 134 Å². The Labute approximate surface area is 743 Å². The first-order valence-electron chi connectivity index (χ1n) is 49.1. The van der Waals surface area contributed by atoms with E-state index in [1.165, 1.54) is 242 Å². The van der Waals surface area contributed by atoms with E-state index in [-0.39, 0.29) is 22.9 Å². The van der Waals surface area contributed by atoms with E-state index in [4.69, 9.17) is 0 Å². The van der Waals surface area contributed by atoms with Crippen molar-refractivity contribution in [3.05, 3.63) is 85.1 Å². The van der Waals surface area contributed by atoms with Gasteiger partial charge in [0.05, 0.1) is 19.6 Å². The molecule has 13 fully saturated rings. The van der Waals surface area contributed by atoms with E-state index >= 15 is 0 Å². The molecule has 21 nitrogen and oxygen atoms in total. The summed E-state index contributed by atoms with van der Waals surface area (Å²) in [6, 6.07) is 11.7. The summed E-state index contributed by atoms with van der Waals surface area (Å²) in [6.45, 7) is 60.1. The Hall–Kier alpha value is -5.89. The Kier molecular flexibility index (Phi) is 28.1. The number of fused-ring (bicyclic) bond motifs is 6. The quantitative estimate of drug-likeness (QED) is 0.170. The van der Waals surface area contributed by atoms with E-state index in [0.717, 1.165) is 115 Å². The molecule has 2 bridgehead atoms. The van der Waals surface area contributed by atoms with Gasteiger partial charge >= 0.3 is 6.18 Å². The number of nitrogens with zero attached hydrogens (tertiary/aromatic N) is 18. The fraction of sp³-hybridized carbons (Fsp3) is 0.800. The van der Waals surface area contributed by atoms with Crippen molar-refractivity contribution in [2.45, 2.75) is 343 Å². The normalized spacial score (nSPS) is 26.3. The lowest BCUT2D eigenvalue weighted by Crippen LogP contribution is -2.58. The van der Waals surface area contributed by atoms with E-state index in [0.29, 0.717) is 73.9 Å². The molecule has 20 rings (SSSR count). The largest absolute Gasteiger partial charge is 0.451 e. The van der Waals surface area contributed by atoms with E-state index in [2.05, 4.69) is 213 Å². The van der Waals surface area contributed by atoms with Crippen LogP contribution in [-0.4, -0.2) is 254 Å². The van der Waals surface area contributed by atoms with Crippen LogP contribution >= 0.6 is 0 Å². The van der Waals surface area contributed by atoms with Crippen molar-refractivity contribution < 1.29 is 22.8 Å². The molecule has 2 amide bonds. The molecule has 1 N–H and O–H groups in total. The maximum atomic E-state index is 13.0. The fourth-order valence-corrected chi connectivity index (χ4v) is 24.7. The van der Waals surface area contributed by atoms with Gasteiger partial charge in [0.1, 0.15) is 23.8 Å². The molecule has 10 saturated heterocycles. The van der Waals surface area contributed by atoms with Gasteiger partial charge < -0.3 is 29.5 Å². The van der Waals surface area contributed by atoms with Gasteiger partial charge in [0.15, 0.2) is 0 Å². The van der Waals surface area contributed by atoms with E-state index in [1.807, 2.05) is 33.1 Å². The highest BCUT2D eigenvalue weighted by Crippen LogP contribution is 2.52. The third kappa shape index (κ3) is 22.4. The summed E-state index contributed by atoms with van der Waals surface area (Å²) in [7, 11) is 0. The minimum Gasteiger partial charge on any atom is -0.371 e. The van der Waals surface area contributed by atoms with Gasteiger partial charge in [-0.2, -0.15) is 18.3 Å². The highest BCUT2D eigenvalue weighted by Gasteiger charge is 2.50. The minimum atomic E-state index is -4.49. The van der Waals surface area contributed by atoms with Crippen LogP contribution in [-0.2, 0) is 41.9 Å². The molecule has 688 valence electrons. The average Bonchev–Trinajstić information content (AvgIpc) is 1.71. The van der Waals surface area contributed by atoms with Gasteiger partial charge in [-0.15, -0.1) is 0 Å². The van der Waals surface area contributed by atoms with Crippen molar-refractivity contribution >= 4 is 34.1 Å². The highest BCUT2D eigenvalue weighted by atomic mass is 19.4. The number of pyridine rings is 1. The number of nitrogens with one attached hydrogen (secondary N) is 1. The van der Waals surface area contributed by atoms with E-state index in [1.54, 1.807) is 12.4 Å². The number of hydrogen-bond acceptors (Lipinski definition) is 17. The summed E-state index contributed by atoms with van der Waals surface area (Å²) >= 11 is 0. The van der Waals surface area contributed by atoms with Crippen molar-refractivity contribution in [1.29, 1.82) is 0 Å². The molecule has 3 saturated carbocycles. The van der Waals surface area contributed by atoms with E-state index in [9.17, 15) is 22.8 Å². The number of carbonyl (C=O) groups is 2. The molecule has 1 atom stereocenters. The van der Waals surface area contributed by atoms with Crippen LogP contribution in [0.5, 0.6) is 0 Å². The molecule has 5 spiro atoms. The number of piperidine rings is 8. The second-order valence-corrected chi connectivity index (χ2v) is 46.5. The van der Waals surface area contributed by atoms with Gasteiger partial charge in [-0.05, 0) is 399 Å². The predicted molar refractivity (Wildman–Crippen MR) is 493 cm³/mol. The summed E-state index contributed by atoms with van der Waals surface area (Å²) in [4.78, 5) is 70.9. The standard InChI is InChI=1S/C22H39N3O.C21H29N3.C20H33N5O.C20H34N4.C17H25F3N4/c1-21(2,3)25-14-10-22(11-15-25)8-4-18(5-9-22)20(26)23-19-16-24-12-6-17(19)7-13-24;1-20(2,3)24-13-9-21(16-24)7-11-23(12-8-21)19-5-4-18-15-22-10-6-17(18)14-19;1-19(2,3)24-10-8-20(9-11-24)6-4-16(5-7-20)18(26)23-12-13-25-17(14-23)21-15-22-25;1-19(2,3)24-11-8-20(9-12-24)6-4-17(5-7-20)23-15-14-22-13-10-21-18(22)16-23;1-15(2,3)24-11-7-16(12-24)5-9-23(10-6-16)13-4-8-21-14(22-13)17(18,19)20/h17-19H,4-16H2,1-3H3,(H,23,26);4-6,10,14-15H,7-9,11-13,16H2,1-3H3;15-16H,4-14H2,1-3H3;10,13,17H,4-9,11-12,14-16H2,1-3H3;4,8H,5-7,9-12H2,1-3H3. The number of aromatic nitrogens is 8. The molecule has 124 heavy (non-hydrogen) atoms. The third-order valence-corrected chi connectivity index (χ3v) is 34.0. The number of rotatable bonds is 6. The molecule has 4 aromatic heterocycles. The summed E-state index contributed by atoms with van der Waals surface area (Å²) in [5.74, 6) is 3.46. The molecule has 3 aliphatic carbocycles. The number of amides is 2. The average molecular weight is 1720 g/mol.